The van der Waals surface area contributed by atoms with Crippen LogP contribution in [0, 0.1) is 6.92 Å². The van der Waals surface area contributed by atoms with Crippen LogP contribution in [0.15, 0.2) is 41.0 Å². The number of carbonyl (C=O) groups is 1. The molecule has 1 N–H and O–H groups in total. The summed E-state index contributed by atoms with van der Waals surface area (Å²) in [6, 6.07) is 9.64. The first-order valence-electron chi connectivity index (χ1n) is 6.77. The smallest absolute Gasteiger partial charge is 0.261 e. The van der Waals surface area contributed by atoms with Crippen molar-refractivity contribution in [2.45, 2.75) is 13.8 Å². The predicted molar refractivity (Wildman–Crippen MR) is 90.0 cm³/mol. The molecule has 0 bridgehead atoms. The number of aromatic nitrogens is 1. The van der Waals surface area contributed by atoms with Gasteiger partial charge in [-0.25, -0.2) is 4.98 Å². The minimum atomic E-state index is -0.0939. The molecule has 5 heteroatoms. The van der Waals surface area contributed by atoms with Gasteiger partial charge < -0.3 is 10.2 Å². The van der Waals surface area contributed by atoms with Gasteiger partial charge in [-0.05, 0) is 48.0 Å². The molecule has 110 valence electrons. The molecule has 0 aliphatic carbocycles. The van der Waals surface area contributed by atoms with Crippen LogP contribution in [0.2, 0.25) is 0 Å². The van der Waals surface area contributed by atoms with Gasteiger partial charge in [0, 0.05) is 29.9 Å². The molecule has 0 saturated heterocycles. The van der Waals surface area contributed by atoms with Crippen molar-refractivity contribution in [2.24, 2.45) is 0 Å². The number of aryl methyl sites for hydroxylation is 1. The Morgan fingerprint density at radius 2 is 2.00 bits per heavy atom. The third-order valence-corrected chi connectivity index (χ3v) is 3.59. The van der Waals surface area contributed by atoms with E-state index in [1.54, 1.807) is 24.2 Å². The van der Waals surface area contributed by atoms with E-state index in [0.717, 1.165) is 15.7 Å². The van der Waals surface area contributed by atoms with Gasteiger partial charge in [0.05, 0.1) is 5.56 Å². The van der Waals surface area contributed by atoms with Gasteiger partial charge in [0.1, 0.15) is 5.82 Å². The summed E-state index contributed by atoms with van der Waals surface area (Å²) in [5, 5.41) is 3.12. The van der Waals surface area contributed by atoms with E-state index in [-0.39, 0.29) is 5.91 Å². The van der Waals surface area contributed by atoms with Crippen molar-refractivity contribution in [2.75, 3.05) is 23.8 Å². The zero-order valence-electron chi connectivity index (χ0n) is 12.4. The number of benzene rings is 1. The summed E-state index contributed by atoms with van der Waals surface area (Å²) in [5.41, 5.74) is 2.57. The molecule has 21 heavy (non-hydrogen) atoms. The maximum atomic E-state index is 12.7. The third kappa shape index (κ3) is 3.61. The van der Waals surface area contributed by atoms with Crippen LogP contribution in [0.5, 0.6) is 0 Å². The molecule has 4 nitrogen and oxygen atoms in total. The lowest BCUT2D eigenvalue weighted by Crippen LogP contribution is -2.27. The lowest BCUT2D eigenvalue weighted by Gasteiger charge is -2.19. The zero-order valence-corrected chi connectivity index (χ0v) is 13.9. The van der Waals surface area contributed by atoms with Crippen molar-refractivity contribution in [3.8, 4) is 0 Å². The molecular weight excluding hydrogens is 330 g/mol. The normalized spacial score (nSPS) is 10.3. The number of halogens is 1. The number of rotatable bonds is 4. The summed E-state index contributed by atoms with van der Waals surface area (Å²) >= 11 is 3.37. The molecule has 1 amide bonds. The topological polar surface area (TPSA) is 45.2 Å². The minimum absolute atomic E-state index is 0.0939. The molecule has 0 aliphatic heterocycles. The zero-order chi connectivity index (χ0) is 15.4. The Hall–Kier alpha value is -1.88. The van der Waals surface area contributed by atoms with Crippen molar-refractivity contribution in [3.63, 3.8) is 0 Å². The number of nitrogens with zero attached hydrogens (tertiary/aromatic N) is 2. The highest BCUT2D eigenvalue weighted by Gasteiger charge is 2.18. The van der Waals surface area contributed by atoms with Gasteiger partial charge in [0.25, 0.3) is 5.91 Å². The van der Waals surface area contributed by atoms with Gasteiger partial charge in [0.15, 0.2) is 0 Å². The Balaban J connectivity index is 2.34. The molecule has 2 rings (SSSR count). The fourth-order valence-corrected chi connectivity index (χ4v) is 2.31. The van der Waals surface area contributed by atoms with Crippen LogP contribution in [0.25, 0.3) is 0 Å². The number of hydrogen-bond donors (Lipinski definition) is 1. The Kier molecular flexibility index (Phi) is 4.96. The summed E-state index contributed by atoms with van der Waals surface area (Å²) in [6.07, 6.45) is 1.68. The largest absolute Gasteiger partial charge is 0.370 e. The molecule has 0 spiro atoms. The van der Waals surface area contributed by atoms with Crippen molar-refractivity contribution in [1.29, 1.82) is 0 Å². The van der Waals surface area contributed by atoms with Crippen LogP contribution >= 0.6 is 15.9 Å². The van der Waals surface area contributed by atoms with Gasteiger partial charge in [-0.1, -0.05) is 17.7 Å². The fraction of sp³-hybridized carbons (Fsp3) is 0.250. The molecule has 1 aromatic heterocycles. The average molecular weight is 348 g/mol. The number of carbonyl (C=O) groups excluding carboxylic acids is 1. The number of nitrogens with one attached hydrogen (secondary N) is 1. The quantitative estimate of drug-likeness (QED) is 0.913. The highest BCUT2D eigenvalue weighted by atomic mass is 79.9. The summed E-state index contributed by atoms with van der Waals surface area (Å²) in [7, 11) is 1.77. The fourth-order valence-electron chi connectivity index (χ4n) is 1.98. The van der Waals surface area contributed by atoms with E-state index >= 15 is 0 Å². The summed E-state index contributed by atoms with van der Waals surface area (Å²) < 4.78 is 0.782. The van der Waals surface area contributed by atoms with Gasteiger partial charge in [-0.2, -0.15) is 0 Å². The number of pyridine rings is 1. The molecule has 0 atom stereocenters. The van der Waals surface area contributed by atoms with Crippen LogP contribution in [-0.2, 0) is 0 Å². The second kappa shape index (κ2) is 6.72. The molecule has 1 heterocycles. The first kappa shape index (κ1) is 15.5. The summed E-state index contributed by atoms with van der Waals surface area (Å²) in [4.78, 5) is 18.6. The monoisotopic (exact) mass is 347 g/mol. The van der Waals surface area contributed by atoms with E-state index < -0.39 is 0 Å². The third-order valence-electron chi connectivity index (χ3n) is 3.15. The van der Waals surface area contributed by atoms with E-state index in [0.29, 0.717) is 17.9 Å². The summed E-state index contributed by atoms with van der Waals surface area (Å²) in [5.74, 6) is 0.508. The second-order valence-electron chi connectivity index (χ2n) is 4.78. The van der Waals surface area contributed by atoms with E-state index in [2.05, 4.69) is 26.2 Å². The molecular formula is C16H18BrN3O. The highest BCUT2D eigenvalue weighted by Crippen LogP contribution is 2.22. The van der Waals surface area contributed by atoms with Crippen LogP contribution in [0.4, 0.5) is 11.5 Å². The number of anilines is 2. The van der Waals surface area contributed by atoms with Crippen molar-refractivity contribution in [3.05, 3.63) is 52.1 Å². The van der Waals surface area contributed by atoms with E-state index in [9.17, 15) is 4.79 Å². The molecule has 2 aromatic rings. The minimum Gasteiger partial charge on any atom is -0.370 e. The Morgan fingerprint density at radius 1 is 1.33 bits per heavy atom. The lowest BCUT2D eigenvalue weighted by atomic mass is 10.2. The van der Waals surface area contributed by atoms with Crippen LogP contribution in [0.3, 0.4) is 0 Å². The van der Waals surface area contributed by atoms with Crippen LogP contribution in [0.1, 0.15) is 22.8 Å². The first-order valence-corrected chi connectivity index (χ1v) is 7.56. The van der Waals surface area contributed by atoms with Crippen LogP contribution < -0.4 is 10.2 Å². The number of hydrogen-bond acceptors (Lipinski definition) is 3. The lowest BCUT2D eigenvalue weighted by molar-refractivity contribution is 0.0993. The Bertz CT molecular complexity index is 640. The molecule has 0 radical (unpaired) electrons. The SMILES string of the molecule is CCNc1ncc(Br)cc1C(=O)N(C)c1ccc(C)cc1. The van der Waals surface area contributed by atoms with E-state index in [1.807, 2.05) is 38.1 Å². The van der Waals surface area contributed by atoms with Crippen molar-refractivity contribution >= 4 is 33.3 Å². The highest BCUT2D eigenvalue weighted by molar-refractivity contribution is 9.10. The Labute approximate surface area is 133 Å². The van der Waals surface area contributed by atoms with E-state index in [4.69, 9.17) is 0 Å². The second-order valence-corrected chi connectivity index (χ2v) is 5.70. The maximum absolute atomic E-state index is 12.7. The standard InChI is InChI=1S/C16H18BrN3O/c1-4-18-15-14(9-12(17)10-19-15)16(21)20(3)13-7-5-11(2)6-8-13/h5-10H,4H2,1-3H3,(H,18,19). The van der Waals surface area contributed by atoms with Gasteiger partial charge in [-0.3, -0.25) is 4.79 Å². The van der Waals surface area contributed by atoms with E-state index in [1.165, 1.54) is 0 Å². The summed E-state index contributed by atoms with van der Waals surface area (Å²) in [6.45, 7) is 4.71. The first-order chi connectivity index (χ1) is 10.0. The van der Waals surface area contributed by atoms with Gasteiger partial charge in [0.2, 0.25) is 0 Å². The maximum Gasteiger partial charge on any atom is 0.261 e. The molecule has 0 saturated carbocycles. The molecule has 0 fully saturated rings. The van der Waals surface area contributed by atoms with Crippen molar-refractivity contribution in [1.82, 2.24) is 4.98 Å². The van der Waals surface area contributed by atoms with Gasteiger partial charge in [-0.15, -0.1) is 0 Å². The van der Waals surface area contributed by atoms with Crippen molar-refractivity contribution < 1.29 is 4.79 Å². The van der Waals surface area contributed by atoms with Gasteiger partial charge >= 0.3 is 0 Å². The van der Waals surface area contributed by atoms with Crippen LogP contribution in [-0.4, -0.2) is 24.5 Å². The number of amides is 1. The Morgan fingerprint density at radius 3 is 2.62 bits per heavy atom. The molecule has 1 aromatic carbocycles. The molecule has 0 unspecified atom stereocenters. The molecule has 0 aliphatic rings. The average Bonchev–Trinajstić information content (AvgIpc) is 2.48. The predicted octanol–water partition coefficient (Wildman–Crippen LogP) is 3.86.